The van der Waals surface area contributed by atoms with Crippen LogP contribution in [-0.4, -0.2) is 0 Å². The summed E-state index contributed by atoms with van der Waals surface area (Å²) in [6.07, 6.45) is 15.2. The minimum atomic E-state index is 0.377. The summed E-state index contributed by atoms with van der Waals surface area (Å²) in [7, 11) is 0. The Balaban J connectivity index is 1.69. The van der Waals surface area contributed by atoms with E-state index in [9.17, 15) is 0 Å². The van der Waals surface area contributed by atoms with Crippen molar-refractivity contribution in [3.8, 4) is 6.07 Å². The maximum absolute atomic E-state index is 8.95. The summed E-state index contributed by atoms with van der Waals surface area (Å²) >= 11 is 0. The summed E-state index contributed by atoms with van der Waals surface area (Å²) in [5.74, 6) is 3.38. The van der Waals surface area contributed by atoms with Gasteiger partial charge in [0.15, 0.2) is 0 Å². The van der Waals surface area contributed by atoms with Gasteiger partial charge in [-0.05, 0) is 56.3 Å². The SMILES string of the molecule is CCCCC1CCC([C@H]2CC[C@H](C#N)CC2)CC1. The molecule has 2 rings (SSSR count). The highest BCUT2D eigenvalue weighted by Gasteiger charge is 2.30. The van der Waals surface area contributed by atoms with Gasteiger partial charge in [-0.15, -0.1) is 0 Å². The van der Waals surface area contributed by atoms with Gasteiger partial charge in [0.05, 0.1) is 6.07 Å². The molecule has 1 heteroatoms. The van der Waals surface area contributed by atoms with Crippen molar-refractivity contribution < 1.29 is 0 Å². The molecule has 0 aromatic heterocycles. The van der Waals surface area contributed by atoms with E-state index in [1.54, 1.807) is 0 Å². The average molecular weight is 247 g/mol. The number of hydrogen-bond donors (Lipinski definition) is 0. The largest absolute Gasteiger partial charge is 0.198 e. The number of rotatable bonds is 4. The highest BCUT2D eigenvalue weighted by Crippen LogP contribution is 2.42. The monoisotopic (exact) mass is 247 g/mol. The number of nitriles is 1. The summed E-state index contributed by atoms with van der Waals surface area (Å²) in [6, 6.07) is 2.46. The molecule has 1 nitrogen and oxygen atoms in total. The molecule has 0 atom stereocenters. The van der Waals surface area contributed by atoms with Crippen LogP contribution in [0, 0.1) is 35.0 Å². The number of hydrogen-bond acceptors (Lipinski definition) is 1. The molecule has 0 heterocycles. The highest BCUT2D eigenvalue weighted by atomic mass is 14.4. The van der Waals surface area contributed by atoms with Crippen molar-refractivity contribution >= 4 is 0 Å². The topological polar surface area (TPSA) is 23.8 Å². The summed E-state index contributed by atoms with van der Waals surface area (Å²) in [5.41, 5.74) is 0. The fraction of sp³-hybridized carbons (Fsp3) is 0.941. The summed E-state index contributed by atoms with van der Waals surface area (Å²) in [6.45, 7) is 2.30. The van der Waals surface area contributed by atoms with E-state index in [-0.39, 0.29) is 0 Å². The molecule has 2 fully saturated rings. The highest BCUT2D eigenvalue weighted by molar-refractivity contribution is 4.89. The molecular weight excluding hydrogens is 218 g/mol. The molecule has 0 amide bonds. The van der Waals surface area contributed by atoms with Gasteiger partial charge >= 0.3 is 0 Å². The first-order valence-electron chi connectivity index (χ1n) is 8.23. The average Bonchev–Trinajstić information content (AvgIpc) is 2.46. The zero-order valence-electron chi connectivity index (χ0n) is 12.0. The van der Waals surface area contributed by atoms with Gasteiger partial charge in [-0.3, -0.25) is 0 Å². The van der Waals surface area contributed by atoms with Crippen molar-refractivity contribution in [2.75, 3.05) is 0 Å². The van der Waals surface area contributed by atoms with Gasteiger partial charge in [0.1, 0.15) is 0 Å². The fourth-order valence-corrected chi connectivity index (χ4v) is 4.16. The Morgan fingerprint density at radius 1 is 0.889 bits per heavy atom. The Bertz CT molecular complexity index is 262. The van der Waals surface area contributed by atoms with Crippen LogP contribution in [0.25, 0.3) is 0 Å². The zero-order valence-corrected chi connectivity index (χ0v) is 12.0. The molecule has 2 aliphatic carbocycles. The van der Waals surface area contributed by atoms with E-state index in [1.807, 2.05) is 0 Å². The van der Waals surface area contributed by atoms with Gasteiger partial charge in [0.2, 0.25) is 0 Å². The maximum atomic E-state index is 8.95. The molecule has 0 bridgehead atoms. The standard InChI is InChI=1S/C17H29N/c1-2-3-4-14-5-9-16(10-6-14)17-11-7-15(13-18)8-12-17/h14-17H,2-12H2,1H3/t14?,15-,16?,17-. The van der Waals surface area contributed by atoms with Crippen LogP contribution < -0.4 is 0 Å². The lowest BCUT2D eigenvalue weighted by Gasteiger charge is -2.36. The Hall–Kier alpha value is -0.510. The van der Waals surface area contributed by atoms with Gasteiger partial charge in [-0.2, -0.15) is 5.26 Å². The number of nitrogens with zero attached hydrogens (tertiary/aromatic N) is 1. The third-order valence-corrected chi connectivity index (χ3v) is 5.48. The second-order valence-corrected chi connectivity index (χ2v) is 6.66. The third-order valence-electron chi connectivity index (χ3n) is 5.48. The van der Waals surface area contributed by atoms with Crippen molar-refractivity contribution in [2.24, 2.45) is 23.7 Å². The Labute approximate surface area is 113 Å². The predicted molar refractivity (Wildman–Crippen MR) is 76.0 cm³/mol. The van der Waals surface area contributed by atoms with Crippen LogP contribution in [0.4, 0.5) is 0 Å². The van der Waals surface area contributed by atoms with E-state index in [2.05, 4.69) is 13.0 Å². The van der Waals surface area contributed by atoms with E-state index >= 15 is 0 Å². The second-order valence-electron chi connectivity index (χ2n) is 6.66. The quantitative estimate of drug-likeness (QED) is 0.660. The van der Waals surface area contributed by atoms with Crippen LogP contribution in [0.5, 0.6) is 0 Å². The molecule has 2 aliphatic rings. The van der Waals surface area contributed by atoms with Crippen molar-refractivity contribution in [2.45, 2.75) is 77.6 Å². The zero-order chi connectivity index (χ0) is 12.8. The first-order chi connectivity index (χ1) is 8.83. The van der Waals surface area contributed by atoms with E-state index in [0.717, 1.165) is 17.8 Å². The molecule has 0 aromatic rings. The van der Waals surface area contributed by atoms with Crippen LogP contribution in [-0.2, 0) is 0 Å². The lowest BCUT2D eigenvalue weighted by atomic mass is 9.69. The molecule has 102 valence electrons. The van der Waals surface area contributed by atoms with Gasteiger partial charge in [0, 0.05) is 5.92 Å². The summed E-state index contributed by atoms with van der Waals surface area (Å²) in [5, 5.41) is 8.95. The molecule has 2 saturated carbocycles. The normalized spacial score (nSPS) is 37.1. The van der Waals surface area contributed by atoms with Crippen LogP contribution in [0.15, 0.2) is 0 Å². The van der Waals surface area contributed by atoms with Gasteiger partial charge in [0.25, 0.3) is 0 Å². The smallest absolute Gasteiger partial charge is 0.0655 e. The van der Waals surface area contributed by atoms with Crippen molar-refractivity contribution in [3.63, 3.8) is 0 Å². The Kier molecular flexibility index (Phi) is 5.54. The molecule has 0 saturated heterocycles. The predicted octanol–water partition coefficient (Wildman–Crippen LogP) is 5.31. The molecule has 0 unspecified atom stereocenters. The summed E-state index contributed by atoms with van der Waals surface area (Å²) in [4.78, 5) is 0. The van der Waals surface area contributed by atoms with Gasteiger partial charge < -0.3 is 0 Å². The fourth-order valence-electron chi connectivity index (χ4n) is 4.16. The Morgan fingerprint density at radius 2 is 1.44 bits per heavy atom. The molecular formula is C17H29N. The second kappa shape index (κ2) is 7.17. The van der Waals surface area contributed by atoms with Crippen LogP contribution >= 0.6 is 0 Å². The third kappa shape index (κ3) is 3.74. The van der Waals surface area contributed by atoms with Crippen molar-refractivity contribution in [1.29, 1.82) is 5.26 Å². The van der Waals surface area contributed by atoms with Gasteiger partial charge in [-0.25, -0.2) is 0 Å². The number of unbranched alkanes of at least 4 members (excludes halogenated alkanes) is 1. The molecule has 18 heavy (non-hydrogen) atoms. The van der Waals surface area contributed by atoms with E-state index in [0.29, 0.717) is 5.92 Å². The van der Waals surface area contributed by atoms with E-state index in [4.69, 9.17) is 5.26 Å². The lowest BCUT2D eigenvalue weighted by molar-refractivity contribution is 0.153. The van der Waals surface area contributed by atoms with Crippen LogP contribution in [0.3, 0.4) is 0 Å². The molecule has 0 N–H and O–H groups in total. The molecule has 0 aromatic carbocycles. The molecule has 0 radical (unpaired) electrons. The van der Waals surface area contributed by atoms with Crippen molar-refractivity contribution in [3.05, 3.63) is 0 Å². The summed E-state index contributed by atoms with van der Waals surface area (Å²) < 4.78 is 0. The van der Waals surface area contributed by atoms with E-state index in [1.165, 1.54) is 70.6 Å². The maximum Gasteiger partial charge on any atom is 0.0655 e. The van der Waals surface area contributed by atoms with Crippen LogP contribution in [0.2, 0.25) is 0 Å². The van der Waals surface area contributed by atoms with Crippen molar-refractivity contribution in [1.82, 2.24) is 0 Å². The van der Waals surface area contributed by atoms with Gasteiger partial charge in [-0.1, -0.05) is 39.0 Å². The first-order valence-corrected chi connectivity index (χ1v) is 8.23. The van der Waals surface area contributed by atoms with Crippen LogP contribution in [0.1, 0.15) is 77.6 Å². The lowest BCUT2D eigenvalue weighted by Crippen LogP contribution is -2.25. The minimum Gasteiger partial charge on any atom is -0.198 e. The minimum absolute atomic E-state index is 0.377. The first kappa shape index (κ1) is 13.9. The van der Waals surface area contributed by atoms with E-state index < -0.39 is 0 Å². The molecule has 0 spiro atoms. The Morgan fingerprint density at radius 3 is 1.94 bits per heavy atom. The molecule has 0 aliphatic heterocycles.